The lowest BCUT2D eigenvalue weighted by atomic mass is 10.1. The monoisotopic (exact) mass is 489 g/mol. The molecule has 1 aliphatic rings. The molecule has 0 unspecified atom stereocenters. The van der Waals surface area contributed by atoms with E-state index in [1.165, 1.54) is 12.1 Å². The van der Waals surface area contributed by atoms with Gasteiger partial charge in [-0.1, -0.05) is 0 Å². The molecular weight excluding hydrogens is 458 g/mol. The summed E-state index contributed by atoms with van der Waals surface area (Å²) in [6, 6.07) is 11.2. The van der Waals surface area contributed by atoms with Crippen LogP contribution in [-0.4, -0.2) is 63.4 Å². The molecule has 0 spiro atoms. The Morgan fingerprint density at radius 1 is 1.06 bits per heavy atom. The van der Waals surface area contributed by atoms with Crippen LogP contribution in [0.25, 0.3) is 0 Å². The highest BCUT2D eigenvalue weighted by Gasteiger charge is 2.28. The zero-order chi connectivity index (χ0) is 24.9. The molecular formula is C25H31NO7S. The molecule has 1 aliphatic heterocycles. The number of rotatable bonds is 8. The first kappa shape index (κ1) is 25.6. The maximum absolute atomic E-state index is 13.3. The molecule has 0 aliphatic carbocycles. The first-order valence-corrected chi connectivity index (χ1v) is 13.2. The van der Waals surface area contributed by atoms with E-state index in [1.807, 2.05) is 13.8 Å². The largest absolute Gasteiger partial charge is 0.490 e. The van der Waals surface area contributed by atoms with Crippen molar-refractivity contribution >= 4 is 21.7 Å². The van der Waals surface area contributed by atoms with Gasteiger partial charge in [0.2, 0.25) is 0 Å². The van der Waals surface area contributed by atoms with Crippen molar-refractivity contribution in [3.63, 3.8) is 0 Å². The summed E-state index contributed by atoms with van der Waals surface area (Å²) >= 11 is 0. The highest BCUT2D eigenvalue weighted by molar-refractivity contribution is 7.90. The van der Waals surface area contributed by atoms with Gasteiger partial charge in [-0.05, 0) is 63.2 Å². The summed E-state index contributed by atoms with van der Waals surface area (Å²) in [6.07, 6.45) is 2.12. The van der Waals surface area contributed by atoms with Crippen molar-refractivity contribution < 1.29 is 32.2 Å². The quantitative estimate of drug-likeness (QED) is 0.521. The second-order valence-corrected chi connectivity index (χ2v) is 10.5. The van der Waals surface area contributed by atoms with Gasteiger partial charge in [-0.25, -0.2) is 13.2 Å². The molecule has 0 N–H and O–H groups in total. The molecule has 2 aromatic carbocycles. The van der Waals surface area contributed by atoms with Gasteiger partial charge in [-0.15, -0.1) is 0 Å². The Labute approximate surface area is 200 Å². The predicted molar refractivity (Wildman–Crippen MR) is 127 cm³/mol. The van der Waals surface area contributed by atoms with E-state index in [0.717, 1.165) is 6.26 Å². The molecule has 0 radical (unpaired) electrons. The number of esters is 1. The van der Waals surface area contributed by atoms with E-state index in [9.17, 15) is 18.0 Å². The second kappa shape index (κ2) is 10.9. The van der Waals surface area contributed by atoms with Gasteiger partial charge < -0.3 is 19.1 Å². The molecule has 8 nitrogen and oxygen atoms in total. The molecule has 9 heteroatoms. The van der Waals surface area contributed by atoms with Crippen LogP contribution in [0.2, 0.25) is 0 Å². The van der Waals surface area contributed by atoms with Crippen LogP contribution in [0.3, 0.4) is 0 Å². The fourth-order valence-electron chi connectivity index (χ4n) is 3.69. The predicted octanol–water partition coefficient (Wildman–Crippen LogP) is 3.74. The standard InChI is InChI=1S/C25H31NO7S/c1-5-31-25(28)18-6-8-19(9-7-18)33-20-12-14-26(15-13-20)24(27)22-16-21(34(4,29)30)10-11-23(22)32-17(2)3/h6-11,16-17,20H,5,12-15H2,1-4H3. The van der Waals surface area contributed by atoms with E-state index in [2.05, 4.69) is 0 Å². The van der Waals surface area contributed by atoms with Crippen molar-refractivity contribution in [2.75, 3.05) is 26.0 Å². The van der Waals surface area contributed by atoms with Gasteiger partial charge in [0.25, 0.3) is 5.91 Å². The lowest BCUT2D eigenvalue weighted by molar-refractivity contribution is 0.0526. The van der Waals surface area contributed by atoms with Crippen LogP contribution in [0.4, 0.5) is 0 Å². The Morgan fingerprint density at radius 3 is 2.26 bits per heavy atom. The van der Waals surface area contributed by atoms with Crippen LogP contribution < -0.4 is 9.47 Å². The third-order valence-electron chi connectivity index (χ3n) is 5.37. The van der Waals surface area contributed by atoms with Crippen molar-refractivity contribution in [3.05, 3.63) is 53.6 Å². The van der Waals surface area contributed by atoms with Crippen molar-refractivity contribution in [1.29, 1.82) is 0 Å². The minimum Gasteiger partial charge on any atom is -0.490 e. The van der Waals surface area contributed by atoms with E-state index in [0.29, 0.717) is 49.6 Å². The minimum atomic E-state index is -3.47. The minimum absolute atomic E-state index is 0.0776. The number of piperidine rings is 1. The Morgan fingerprint density at radius 2 is 1.71 bits per heavy atom. The maximum atomic E-state index is 13.3. The maximum Gasteiger partial charge on any atom is 0.338 e. The van der Waals surface area contributed by atoms with Crippen LogP contribution in [0, 0.1) is 0 Å². The molecule has 3 rings (SSSR count). The van der Waals surface area contributed by atoms with Gasteiger partial charge in [0, 0.05) is 32.2 Å². The molecule has 1 fully saturated rings. The van der Waals surface area contributed by atoms with E-state index in [1.54, 1.807) is 42.2 Å². The number of benzene rings is 2. The zero-order valence-electron chi connectivity index (χ0n) is 19.9. The highest BCUT2D eigenvalue weighted by atomic mass is 32.2. The summed E-state index contributed by atoms with van der Waals surface area (Å²) in [5.41, 5.74) is 0.705. The Bertz CT molecular complexity index is 1120. The van der Waals surface area contributed by atoms with Crippen LogP contribution in [0.5, 0.6) is 11.5 Å². The fraction of sp³-hybridized carbons (Fsp3) is 0.440. The lowest BCUT2D eigenvalue weighted by Crippen LogP contribution is -2.42. The summed E-state index contributed by atoms with van der Waals surface area (Å²) in [7, 11) is -3.47. The summed E-state index contributed by atoms with van der Waals surface area (Å²) in [4.78, 5) is 26.8. The number of carbonyl (C=O) groups is 2. The molecule has 184 valence electrons. The van der Waals surface area contributed by atoms with E-state index < -0.39 is 9.84 Å². The first-order chi connectivity index (χ1) is 16.1. The van der Waals surface area contributed by atoms with Crippen LogP contribution in [-0.2, 0) is 14.6 Å². The van der Waals surface area contributed by atoms with E-state index in [-0.39, 0.29) is 34.5 Å². The second-order valence-electron chi connectivity index (χ2n) is 8.45. The SMILES string of the molecule is CCOC(=O)c1ccc(OC2CCN(C(=O)c3cc(S(C)(=O)=O)ccc3OC(C)C)CC2)cc1. The number of ether oxygens (including phenoxy) is 3. The Kier molecular flexibility index (Phi) is 8.19. The Hall–Kier alpha value is -3.07. The van der Waals surface area contributed by atoms with Gasteiger partial charge in [0.05, 0.1) is 28.7 Å². The van der Waals surface area contributed by atoms with Gasteiger partial charge in [0.1, 0.15) is 17.6 Å². The van der Waals surface area contributed by atoms with Gasteiger partial charge in [-0.3, -0.25) is 4.79 Å². The first-order valence-electron chi connectivity index (χ1n) is 11.3. The Balaban J connectivity index is 1.66. The molecule has 1 saturated heterocycles. The van der Waals surface area contributed by atoms with Crippen molar-refractivity contribution in [2.45, 2.75) is 50.7 Å². The third-order valence-corrected chi connectivity index (χ3v) is 6.48. The van der Waals surface area contributed by atoms with Crippen LogP contribution in [0.1, 0.15) is 54.3 Å². The van der Waals surface area contributed by atoms with E-state index in [4.69, 9.17) is 14.2 Å². The van der Waals surface area contributed by atoms with Crippen LogP contribution in [0.15, 0.2) is 47.4 Å². The van der Waals surface area contributed by atoms with Crippen molar-refractivity contribution in [3.8, 4) is 11.5 Å². The fourth-order valence-corrected chi connectivity index (χ4v) is 4.33. The summed E-state index contributed by atoms with van der Waals surface area (Å²) in [5, 5.41) is 0. The zero-order valence-corrected chi connectivity index (χ0v) is 20.8. The number of hydrogen-bond acceptors (Lipinski definition) is 7. The highest BCUT2D eigenvalue weighted by Crippen LogP contribution is 2.27. The summed E-state index contributed by atoms with van der Waals surface area (Å²) in [6.45, 7) is 6.70. The topological polar surface area (TPSA) is 99.2 Å². The average molecular weight is 490 g/mol. The number of nitrogens with zero attached hydrogens (tertiary/aromatic N) is 1. The number of carbonyl (C=O) groups excluding carboxylic acids is 2. The smallest absolute Gasteiger partial charge is 0.338 e. The summed E-state index contributed by atoms with van der Waals surface area (Å²) in [5.74, 6) is 0.374. The molecule has 0 saturated carbocycles. The van der Waals surface area contributed by atoms with Crippen molar-refractivity contribution in [2.24, 2.45) is 0 Å². The number of likely N-dealkylation sites (tertiary alicyclic amines) is 1. The molecule has 1 heterocycles. The summed E-state index contributed by atoms with van der Waals surface area (Å²) < 4.78 is 40.8. The molecule has 2 aromatic rings. The average Bonchev–Trinajstić information content (AvgIpc) is 2.79. The molecule has 0 atom stereocenters. The van der Waals surface area contributed by atoms with Gasteiger partial charge in [0.15, 0.2) is 9.84 Å². The van der Waals surface area contributed by atoms with Gasteiger partial charge >= 0.3 is 5.97 Å². The van der Waals surface area contributed by atoms with Crippen molar-refractivity contribution in [1.82, 2.24) is 4.90 Å². The van der Waals surface area contributed by atoms with Gasteiger partial charge in [-0.2, -0.15) is 0 Å². The number of sulfone groups is 1. The molecule has 1 amide bonds. The number of hydrogen-bond donors (Lipinski definition) is 0. The van der Waals surface area contributed by atoms with E-state index >= 15 is 0 Å². The molecule has 34 heavy (non-hydrogen) atoms. The molecule has 0 bridgehead atoms. The normalized spacial score (nSPS) is 14.7. The number of amides is 1. The van der Waals surface area contributed by atoms with Crippen LogP contribution >= 0.6 is 0 Å². The lowest BCUT2D eigenvalue weighted by Gasteiger charge is -2.32. The third kappa shape index (κ3) is 6.50. The molecule has 0 aromatic heterocycles.